The van der Waals surface area contributed by atoms with Gasteiger partial charge in [-0.15, -0.1) is 0 Å². The van der Waals surface area contributed by atoms with Crippen LogP contribution in [0.5, 0.6) is 0 Å². The fraction of sp³-hybridized carbons (Fsp3) is 0.889. The summed E-state index contributed by atoms with van der Waals surface area (Å²) in [6.45, 7) is 3.10. The molecule has 1 amide bonds. The lowest BCUT2D eigenvalue weighted by molar-refractivity contribution is -0.236. The molecule has 2 aliphatic heterocycles. The second kappa shape index (κ2) is 15.7. The number of carbonyl (C=O) groups excluding carboxylic acids is 3. The fourth-order valence-electron chi connectivity index (χ4n) is 6.23. The maximum Gasteiger partial charge on any atom is 0.310 e. The van der Waals surface area contributed by atoms with E-state index in [1.165, 1.54) is 71.1 Å². The fourth-order valence-corrected chi connectivity index (χ4v) is 6.23. The summed E-state index contributed by atoms with van der Waals surface area (Å²) in [7, 11) is 0. The highest BCUT2D eigenvalue weighted by atomic mass is 16.8. The van der Waals surface area contributed by atoms with Crippen molar-refractivity contribution in [1.82, 2.24) is 16.3 Å². The van der Waals surface area contributed by atoms with Crippen LogP contribution in [0, 0.1) is 23.7 Å². The summed E-state index contributed by atoms with van der Waals surface area (Å²) in [5.74, 6) is -0.642. The molecule has 2 saturated heterocycles. The summed E-state index contributed by atoms with van der Waals surface area (Å²) >= 11 is 0. The van der Waals surface area contributed by atoms with Crippen LogP contribution in [-0.4, -0.2) is 43.5 Å². The Kier molecular flexibility index (Phi) is 12.7. The summed E-state index contributed by atoms with van der Waals surface area (Å²) < 4.78 is 5.84. The maximum absolute atomic E-state index is 13.4. The third kappa shape index (κ3) is 9.56. The molecule has 3 N–H and O–H groups in total. The van der Waals surface area contributed by atoms with Gasteiger partial charge in [-0.25, -0.2) is 10.3 Å². The first-order valence-corrected chi connectivity index (χ1v) is 14.1. The number of ketones is 2. The van der Waals surface area contributed by atoms with Gasteiger partial charge in [-0.1, -0.05) is 64.2 Å². The van der Waals surface area contributed by atoms with Gasteiger partial charge in [0.2, 0.25) is 5.78 Å². The summed E-state index contributed by atoms with van der Waals surface area (Å²) in [6.07, 6.45) is 16.6. The van der Waals surface area contributed by atoms with E-state index in [1.807, 2.05) is 0 Å². The molecule has 8 nitrogen and oxygen atoms in total. The van der Waals surface area contributed by atoms with Crippen molar-refractivity contribution in [1.29, 1.82) is 0 Å². The third-order valence-corrected chi connectivity index (χ3v) is 8.13. The van der Waals surface area contributed by atoms with Gasteiger partial charge in [0.1, 0.15) is 6.61 Å². The van der Waals surface area contributed by atoms with E-state index in [9.17, 15) is 14.4 Å². The number of rotatable bonds is 6. The van der Waals surface area contributed by atoms with E-state index in [0.717, 1.165) is 45.2 Å². The standard InChI is InChI=1S/C27H47N3O5/c1-20(31)26(33)30-35-27-23(18-21-12-7-6-8-13-21)25(24(32)19-34-27)22-14-9-4-2-3-5-10-16-28-29-17-11-15-22/h21-23,25,27-29H,2-19H2,1H3,(H,30,33)/t22-,23+,25?,27?/m1/s1. The van der Waals surface area contributed by atoms with Gasteiger partial charge in [-0.05, 0) is 43.9 Å². The van der Waals surface area contributed by atoms with Gasteiger partial charge < -0.3 is 4.74 Å². The highest BCUT2D eigenvalue weighted by Gasteiger charge is 2.45. The molecular formula is C27H47N3O5. The molecule has 0 bridgehead atoms. The van der Waals surface area contributed by atoms with Crippen molar-refractivity contribution in [2.24, 2.45) is 23.7 Å². The number of hydrazine groups is 1. The molecule has 4 atom stereocenters. The molecule has 1 saturated carbocycles. The number of amides is 1. The Morgan fingerprint density at radius 1 is 0.886 bits per heavy atom. The average Bonchev–Trinajstić information content (AvgIpc) is 2.85. The highest BCUT2D eigenvalue weighted by molar-refractivity contribution is 6.34. The van der Waals surface area contributed by atoms with Crippen molar-refractivity contribution in [3.8, 4) is 0 Å². The predicted octanol–water partition coefficient (Wildman–Crippen LogP) is 3.99. The van der Waals surface area contributed by atoms with E-state index in [0.29, 0.717) is 5.92 Å². The minimum Gasteiger partial charge on any atom is -0.342 e. The number of carbonyl (C=O) groups is 3. The first kappa shape index (κ1) is 28.2. The van der Waals surface area contributed by atoms with Crippen LogP contribution in [-0.2, 0) is 24.0 Å². The zero-order chi connectivity index (χ0) is 24.9. The molecular weight excluding hydrogens is 446 g/mol. The Hall–Kier alpha value is -1.35. The Balaban J connectivity index is 1.74. The van der Waals surface area contributed by atoms with E-state index < -0.39 is 18.0 Å². The molecule has 0 aromatic carbocycles. The minimum atomic E-state index is -0.782. The molecule has 0 radical (unpaired) electrons. The van der Waals surface area contributed by atoms with Crippen LogP contribution in [0.4, 0.5) is 0 Å². The van der Waals surface area contributed by atoms with E-state index in [1.54, 1.807) is 0 Å². The molecule has 2 unspecified atom stereocenters. The van der Waals surface area contributed by atoms with Crippen molar-refractivity contribution in [2.45, 2.75) is 110 Å². The third-order valence-electron chi connectivity index (χ3n) is 8.13. The van der Waals surface area contributed by atoms with Crippen molar-refractivity contribution >= 4 is 17.5 Å². The second-order valence-electron chi connectivity index (χ2n) is 10.8. The van der Waals surface area contributed by atoms with Gasteiger partial charge in [-0.3, -0.25) is 25.2 Å². The van der Waals surface area contributed by atoms with Crippen LogP contribution in [0.25, 0.3) is 0 Å². The number of ether oxygens (including phenoxy) is 1. The molecule has 1 aliphatic carbocycles. The lowest BCUT2D eigenvalue weighted by Crippen LogP contribution is -2.50. The Labute approximate surface area is 210 Å². The normalized spacial score (nSPS) is 30.8. The Bertz CT molecular complexity index is 653. The summed E-state index contributed by atoms with van der Waals surface area (Å²) in [4.78, 5) is 42.3. The Morgan fingerprint density at radius 2 is 1.49 bits per heavy atom. The van der Waals surface area contributed by atoms with Gasteiger partial charge in [0, 0.05) is 31.8 Å². The molecule has 200 valence electrons. The first-order valence-electron chi connectivity index (χ1n) is 14.1. The van der Waals surface area contributed by atoms with E-state index in [2.05, 4.69) is 16.3 Å². The lowest BCUT2D eigenvalue weighted by atomic mass is 9.69. The SMILES string of the molecule is CC(=O)C(=O)NOC1OCC(=O)C([C@@H]2CCCCCCCCNNCCC2)[C@@H]1CC1CCCCC1. The van der Waals surface area contributed by atoms with E-state index in [4.69, 9.17) is 9.57 Å². The predicted molar refractivity (Wildman–Crippen MR) is 134 cm³/mol. The van der Waals surface area contributed by atoms with Gasteiger partial charge in [0.15, 0.2) is 12.1 Å². The molecule has 2 heterocycles. The largest absolute Gasteiger partial charge is 0.342 e. The monoisotopic (exact) mass is 493 g/mol. The van der Waals surface area contributed by atoms with Crippen LogP contribution in [0.3, 0.4) is 0 Å². The van der Waals surface area contributed by atoms with Gasteiger partial charge in [0.05, 0.1) is 0 Å². The van der Waals surface area contributed by atoms with Crippen molar-refractivity contribution in [3.05, 3.63) is 0 Å². The molecule has 8 heteroatoms. The van der Waals surface area contributed by atoms with Crippen molar-refractivity contribution < 1.29 is 24.0 Å². The first-order chi connectivity index (χ1) is 17.1. The lowest BCUT2D eigenvalue weighted by Gasteiger charge is -2.42. The maximum atomic E-state index is 13.4. The van der Waals surface area contributed by atoms with Crippen molar-refractivity contribution in [2.75, 3.05) is 19.7 Å². The molecule has 0 spiro atoms. The van der Waals surface area contributed by atoms with Crippen LogP contribution < -0.4 is 16.3 Å². The summed E-state index contributed by atoms with van der Waals surface area (Å²) in [5.41, 5.74) is 8.95. The van der Waals surface area contributed by atoms with Crippen LogP contribution >= 0.6 is 0 Å². The van der Waals surface area contributed by atoms with Crippen molar-refractivity contribution in [3.63, 3.8) is 0 Å². The molecule has 3 fully saturated rings. The zero-order valence-corrected chi connectivity index (χ0v) is 21.7. The molecule has 0 aromatic heterocycles. The number of Topliss-reactive ketones (excluding diaryl/α,β-unsaturated/α-hetero) is 2. The Morgan fingerprint density at radius 3 is 2.23 bits per heavy atom. The molecule has 3 rings (SSSR count). The van der Waals surface area contributed by atoms with Gasteiger partial charge in [0.25, 0.3) is 0 Å². The number of hydrogen-bond acceptors (Lipinski definition) is 7. The summed E-state index contributed by atoms with van der Waals surface area (Å²) in [6, 6.07) is 0. The average molecular weight is 494 g/mol. The van der Waals surface area contributed by atoms with Crippen LogP contribution in [0.15, 0.2) is 0 Å². The summed E-state index contributed by atoms with van der Waals surface area (Å²) in [5, 5.41) is 0. The highest BCUT2D eigenvalue weighted by Crippen LogP contribution is 2.42. The molecule has 0 aromatic rings. The quantitative estimate of drug-likeness (QED) is 0.379. The number of hydrogen-bond donors (Lipinski definition) is 3. The number of nitrogens with one attached hydrogen (secondary N) is 3. The van der Waals surface area contributed by atoms with E-state index >= 15 is 0 Å². The number of hydroxylamine groups is 1. The van der Waals surface area contributed by atoms with Gasteiger partial charge in [-0.2, -0.15) is 0 Å². The van der Waals surface area contributed by atoms with Gasteiger partial charge >= 0.3 is 5.91 Å². The zero-order valence-electron chi connectivity index (χ0n) is 21.7. The van der Waals surface area contributed by atoms with Crippen LogP contribution in [0.1, 0.15) is 103 Å². The van der Waals surface area contributed by atoms with E-state index in [-0.39, 0.29) is 30.1 Å². The topological polar surface area (TPSA) is 106 Å². The smallest absolute Gasteiger partial charge is 0.310 e. The second-order valence-corrected chi connectivity index (χ2v) is 10.8. The molecule has 35 heavy (non-hydrogen) atoms. The minimum absolute atomic E-state index is 0.00273. The van der Waals surface area contributed by atoms with Crippen LogP contribution in [0.2, 0.25) is 0 Å². The molecule has 3 aliphatic rings.